The Bertz CT molecular complexity index is 404. The molecule has 0 aliphatic carbocycles. The number of aromatic hydroxyl groups is 1. The van der Waals surface area contributed by atoms with E-state index in [9.17, 15) is 9.50 Å². The van der Waals surface area contributed by atoms with Gasteiger partial charge in [-0.3, -0.25) is 4.90 Å². The van der Waals surface area contributed by atoms with Crippen LogP contribution in [0.4, 0.5) is 4.39 Å². The van der Waals surface area contributed by atoms with E-state index in [1.807, 2.05) is 4.90 Å². The summed E-state index contributed by atoms with van der Waals surface area (Å²) in [5.41, 5.74) is 0.596. The molecule has 0 spiro atoms. The number of phenolic OH excluding ortho intramolecular Hbond substituents is 1. The van der Waals surface area contributed by atoms with Crippen LogP contribution in [0.1, 0.15) is 11.6 Å². The van der Waals surface area contributed by atoms with Gasteiger partial charge in [0, 0.05) is 31.7 Å². The van der Waals surface area contributed by atoms with Gasteiger partial charge >= 0.3 is 0 Å². The number of hydrogen-bond donors (Lipinski definition) is 2. The van der Waals surface area contributed by atoms with Crippen molar-refractivity contribution in [1.29, 1.82) is 0 Å². The molecule has 0 amide bonds. The van der Waals surface area contributed by atoms with Crippen molar-refractivity contribution >= 4 is 24.8 Å². The lowest BCUT2D eigenvalue weighted by atomic mass is 10.0. The van der Waals surface area contributed by atoms with Gasteiger partial charge in [0.2, 0.25) is 0 Å². The molecule has 20 heavy (non-hydrogen) atoms. The molecule has 0 bridgehead atoms. The first kappa shape index (κ1) is 19.2. The molecule has 116 valence electrons. The van der Waals surface area contributed by atoms with Gasteiger partial charge in [0.05, 0.1) is 13.2 Å². The van der Waals surface area contributed by atoms with Crippen LogP contribution in [-0.4, -0.2) is 50.0 Å². The molecule has 1 aromatic rings. The van der Waals surface area contributed by atoms with E-state index >= 15 is 0 Å². The number of nitrogens with one attached hydrogen (secondary N) is 1. The molecule has 4 nitrogen and oxygen atoms in total. The van der Waals surface area contributed by atoms with Gasteiger partial charge in [-0.2, -0.15) is 0 Å². The molecule has 1 aromatic carbocycles. The number of ether oxygens (including phenoxy) is 1. The molecular formula is C13H21Cl2FN2O2. The van der Waals surface area contributed by atoms with E-state index in [1.165, 1.54) is 7.11 Å². The van der Waals surface area contributed by atoms with Gasteiger partial charge in [0.15, 0.2) is 11.5 Å². The van der Waals surface area contributed by atoms with E-state index in [-0.39, 0.29) is 30.6 Å². The predicted octanol–water partition coefficient (Wildman–Crippen LogP) is 2.16. The Morgan fingerprint density at radius 1 is 1.35 bits per heavy atom. The van der Waals surface area contributed by atoms with Crippen LogP contribution in [0.2, 0.25) is 0 Å². The number of hydrogen-bond acceptors (Lipinski definition) is 4. The van der Waals surface area contributed by atoms with Crippen LogP contribution in [-0.2, 0) is 0 Å². The third-order valence-electron chi connectivity index (χ3n) is 3.35. The number of methoxy groups -OCH3 is 1. The number of alkyl halides is 1. The lowest BCUT2D eigenvalue weighted by molar-refractivity contribution is 0.145. The topological polar surface area (TPSA) is 44.7 Å². The third-order valence-corrected chi connectivity index (χ3v) is 3.35. The average Bonchev–Trinajstić information content (AvgIpc) is 2.43. The van der Waals surface area contributed by atoms with Crippen LogP contribution in [0.5, 0.6) is 11.5 Å². The monoisotopic (exact) mass is 326 g/mol. The highest BCUT2D eigenvalue weighted by Crippen LogP contribution is 2.36. The summed E-state index contributed by atoms with van der Waals surface area (Å²) in [6.07, 6.45) is 0. The minimum atomic E-state index is -0.513. The fraction of sp³-hybridized carbons (Fsp3) is 0.538. The van der Waals surface area contributed by atoms with Crippen LogP contribution < -0.4 is 10.1 Å². The summed E-state index contributed by atoms with van der Waals surface area (Å²) in [6.45, 7) is 2.75. The van der Waals surface area contributed by atoms with Crippen LogP contribution in [0.3, 0.4) is 0 Å². The molecule has 1 fully saturated rings. The van der Waals surface area contributed by atoms with E-state index in [0.717, 1.165) is 26.2 Å². The number of para-hydroxylation sites is 1. The number of nitrogens with zero attached hydrogens (tertiary/aromatic N) is 1. The summed E-state index contributed by atoms with van der Waals surface area (Å²) in [4.78, 5) is 2.05. The molecule has 0 saturated carbocycles. The summed E-state index contributed by atoms with van der Waals surface area (Å²) in [7, 11) is 1.49. The second kappa shape index (κ2) is 9.23. The Morgan fingerprint density at radius 3 is 2.55 bits per heavy atom. The molecule has 7 heteroatoms. The van der Waals surface area contributed by atoms with E-state index in [1.54, 1.807) is 18.2 Å². The van der Waals surface area contributed by atoms with Gasteiger partial charge in [0.25, 0.3) is 0 Å². The van der Waals surface area contributed by atoms with Crippen molar-refractivity contribution in [3.05, 3.63) is 23.8 Å². The van der Waals surface area contributed by atoms with Gasteiger partial charge in [-0.25, -0.2) is 4.39 Å². The van der Waals surface area contributed by atoms with Crippen molar-refractivity contribution in [1.82, 2.24) is 10.2 Å². The number of phenols is 1. The second-order valence-corrected chi connectivity index (χ2v) is 4.35. The minimum Gasteiger partial charge on any atom is -0.504 e. The minimum absolute atomic E-state index is 0. The Morgan fingerprint density at radius 2 is 2.00 bits per heavy atom. The number of rotatable bonds is 4. The third kappa shape index (κ3) is 4.12. The van der Waals surface area contributed by atoms with Crippen LogP contribution in [0, 0.1) is 0 Å². The molecule has 2 N–H and O–H groups in total. The smallest absolute Gasteiger partial charge is 0.162 e. The molecule has 0 radical (unpaired) electrons. The van der Waals surface area contributed by atoms with Crippen LogP contribution in [0.15, 0.2) is 18.2 Å². The SMILES string of the molecule is COc1cccc([C@H](CF)N2CCNCC2)c1O.Cl.Cl. The molecule has 1 saturated heterocycles. The molecule has 1 aliphatic rings. The summed E-state index contributed by atoms with van der Waals surface area (Å²) in [5, 5.41) is 13.3. The maximum atomic E-state index is 13.3. The van der Waals surface area contributed by atoms with Gasteiger partial charge in [0.1, 0.15) is 6.67 Å². The zero-order valence-corrected chi connectivity index (χ0v) is 13.0. The van der Waals surface area contributed by atoms with Gasteiger partial charge in [-0.05, 0) is 6.07 Å². The highest BCUT2D eigenvalue weighted by Gasteiger charge is 2.25. The Hall–Kier alpha value is -0.750. The van der Waals surface area contributed by atoms with Crippen molar-refractivity contribution in [3.8, 4) is 11.5 Å². The Labute approximate surface area is 131 Å². The highest BCUT2D eigenvalue weighted by molar-refractivity contribution is 5.85. The molecule has 1 aliphatic heterocycles. The first-order valence-electron chi connectivity index (χ1n) is 6.14. The summed E-state index contributed by atoms with van der Waals surface area (Å²) < 4.78 is 18.4. The number of halogens is 3. The van der Waals surface area contributed by atoms with Gasteiger partial charge in [-0.15, -0.1) is 24.8 Å². The van der Waals surface area contributed by atoms with Crippen LogP contribution >= 0.6 is 24.8 Å². The van der Waals surface area contributed by atoms with Crippen molar-refractivity contribution in [3.63, 3.8) is 0 Å². The molecular weight excluding hydrogens is 306 g/mol. The lowest BCUT2D eigenvalue weighted by Gasteiger charge is -2.34. The lowest BCUT2D eigenvalue weighted by Crippen LogP contribution is -2.45. The fourth-order valence-electron chi connectivity index (χ4n) is 2.34. The standard InChI is InChI=1S/C13H19FN2O2.2ClH/c1-18-12-4-2-3-10(13(12)17)11(9-14)16-7-5-15-6-8-16;;/h2-4,11,15,17H,5-9H2,1H3;2*1H/t11-;;/m0../s1. The number of piperazine rings is 1. The highest BCUT2D eigenvalue weighted by atomic mass is 35.5. The fourth-order valence-corrected chi connectivity index (χ4v) is 2.34. The van der Waals surface area contributed by atoms with Crippen molar-refractivity contribution in [2.75, 3.05) is 40.0 Å². The molecule has 0 aromatic heterocycles. The largest absolute Gasteiger partial charge is 0.504 e. The summed E-state index contributed by atoms with van der Waals surface area (Å²) in [6, 6.07) is 4.80. The molecule has 2 rings (SSSR count). The maximum Gasteiger partial charge on any atom is 0.162 e. The van der Waals surface area contributed by atoms with Crippen LogP contribution in [0.25, 0.3) is 0 Å². The van der Waals surface area contributed by atoms with E-state index in [0.29, 0.717) is 11.3 Å². The molecule has 1 heterocycles. The predicted molar refractivity (Wildman–Crippen MR) is 82.3 cm³/mol. The maximum absolute atomic E-state index is 13.3. The first-order valence-corrected chi connectivity index (χ1v) is 6.14. The van der Waals surface area contributed by atoms with Crippen molar-refractivity contribution in [2.24, 2.45) is 0 Å². The normalized spacial score (nSPS) is 16.7. The number of benzene rings is 1. The van der Waals surface area contributed by atoms with Gasteiger partial charge in [-0.1, -0.05) is 12.1 Å². The quantitative estimate of drug-likeness (QED) is 0.890. The first-order chi connectivity index (χ1) is 8.77. The van der Waals surface area contributed by atoms with Crippen molar-refractivity contribution < 1.29 is 14.2 Å². The Kier molecular flexibility index (Phi) is 8.89. The van der Waals surface area contributed by atoms with E-state index in [2.05, 4.69) is 5.32 Å². The zero-order valence-electron chi connectivity index (χ0n) is 11.3. The Balaban J connectivity index is 0.00000180. The molecule has 0 unspecified atom stereocenters. The van der Waals surface area contributed by atoms with Crippen molar-refractivity contribution in [2.45, 2.75) is 6.04 Å². The molecule has 1 atom stereocenters. The van der Waals surface area contributed by atoms with Gasteiger partial charge < -0.3 is 15.2 Å². The second-order valence-electron chi connectivity index (χ2n) is 4.35. The van der Waals surface area contributed by atoms with E-state index in [4.69, 9.17) is 4.74 Å². The summed E-state index contributed by atoms with van der Waals surface area (Å²) in [5.74, 6) is 0.433. The summed E-state index contributed by atoms with van der Waals surface area (Å²) >= 11 is 0. The average molecular weight is 327 g/mol. The zero-order chi connectivity index (χ0) is 13.0. The van der Waals surface area contributed by atoms with E-state index < -0.39 is 12.7 Å².